The summed E-state index contributed by atoms with van der Waals surface area (Å²) in [5, 5.41) is 0.891. The van der Waals surface area contributed by atoms with Crippen LogP contribution in [0.2, 0.25) is 0 Å². The number of rotatable bonds is 6. The molecule has 1 fully saturated rings. The van der Waals surface area contributed by atoms with Crippen LogP contribution in [0.1, 0.15) is 35.1 Å². The van der Waals surface area contributed by atoms with Crippen molar-refractivity contribution in [3.8, 4) is 0 Å². The molecule has 1 saturated heterocycles. The molecule has 1 atom stereocenters. The maximum Gasteiger partial charge on any atom is 0.252 e. The Kier molecular flexibility index (Phi) is 6.01. The second-order valence-electron chi connectivity index (χ2n) is 8.34. The molecule has 0 bridgehead atoms. The lowest BCUT2D eigenvalue weighted by atomic mass is 10.0. The van der Waals surface area contributed by atoms with Gasteiger partial charge in [0.15, 0.2) is 0 Å². The van der Waals surface area contributed by atoms with Crippen LogP contribution in [0.15, 0.2) is 52.2 Å². The molecular weight excluding hydrogens is 412 g/mol. The van der Waals surface area contributed by atoms with E-state index in [1.54, 1.807) is 30.3 Å². The number of aromatic nitrogens is 1. The number of fused-ring (bicyclic) bond motifs is 1. The standard InChI is InChI=1S/C24H28N2O4S/c1-16-6-10-22(11-7-16)31(28,29)26(15-21-5-4-12-30-21)14-20-13-19-9-8-17(2)18(3)23(19)25-24(20)27/h6-11,13,21H,4-5,12,14-15H2,1-3H3,(H,25,27). The first-order valence-corrected chi connectivity index (χ1v) is 12.0. The number of hydrogen-bond acceptors (Lipinski definition) is 4. The molecule has 31 heavy (non-hydrogen) atoms. The van der Waals surface area contributed by atoms with Crippen LogP contribution in [0.5, 0.6) is 0 Å². The normalized spacial score (nSPS) is 17.0. The van der Waals surface area contributed by atoms with Gasteiger partial charge in [0.2, 0.25) is 10.0 Å². The van der Waals surface area contributed by atoms with Crippen molar-refractivity contribution in [2.24, 2.45) is 0 Å². The van der Waals surface area contributed by atoms with Crippen LogP contribution in [-0.4, -0.2) is 37.0 Å². The fourth-order valence-electron chi connectivity index (χ4n) is 4.00. The molecule has 1 N–H and O–H groups in total. The van der Waals surface area contributed by atoms with Crippen LogP contribution < -0.4 is 5.56 Å². The molecule has 164 valence electrons. The SMILES string of the molecule is Cc1ccc(S(=O)(=O)N(Cc2cc3ccc(C)c(C)c3[nH]c2=O)CC2CCCO2)cc1. The van der Waals surface area contributed by atoms with Crippen molar-refractivity contribution < 1.29 is 13.2 Å². The summed E-state index contributed by atoms with van der Waals surface area (Å²) >= 11 is 0. The van der Waals surface area contributed by atoms with Gasteiger partial charge in [0.1, 0.15) is 0 Å². The largest absolute Gasteiger partial charge is 0.377 e. The zero-order valence-corrected chi connectivity index (χ0v) is 19.0. The number of nitrogens with zero attached hydrogens (tertiary/aromatic N) is 1. The summed E-state index contributed by atoms with van der Waals surface area (Å²) in [4.78, 5) is 16.0. The van der Waals surface area contributed by atoms with Crippen LogP contribution in [0.3, 0.4) is 0 Å². The highest BCUT2D eigenvalue weighted by atomic mass is 32.2. The van der Waals surface area contributed by atoms with Gasteiger partial charge in [-0.1, -0.05) is 29.8 Å². The van der Waals surface area contributed by atoms with E-state index in [0.29, 0.717) is 12.2 Å². The van der Waals surface area contributed by atoms with Gasteiger partial charge in [-0.15, -0.1) is 0 Å². The molecule has 0 spiro atoms. The molecule has 0 aliphatic carbocycles. The van der Waals surface area contributed by atoms with Gasteiger partial charge in [0.05, 0.1) is 16.5 Å². The van der Waals surface area contributed by atoms with Crippen molar-refractivity contribution in [1.82, 2.24) is 9.29 Å². The van der Waals surface area contributed by atoms with Crippen molar-refractivity contribution >= 4 is 20.9 Å². The highest BCUT2D eigenvalue weighted by molar-refractivity contribution is 7.89. The molecular formula is C24H28N2O4S. The zero-order valence-electron chi connectivity index (χ0n) is 18.1. The number of aryl methyl sites for hydroxylation is 3. The lowest BCUT2D eigenvalue weighted by molar-refractivity contribution is 0.0925. The molecule has 0 amide bonds. The maximum atomic E-state index is 13.5. The summed E-state index contributed by atoms with van der Waals surface area (Å²) in [7, 11) is -3.79. The predicted octanol–water partition coefficient (Wildman–Crippen LogP) is 3.82. The van der Waals surface area contributed by atoms with Gasteiger partial charge in [-0.05, 0) is 68.3 Å². The molecule has 7 heteroatoms. The van der Waals surface area contributed by atoms with Crippen LogP contribution in [0, 0.1) is 20.8 Å². The van der Waals surface area contributed by atoms with E-state index in [4.69, 9.17) is 4.74 Å². The molecule has 2 aromatic carbocycles. The molecule has 1 aromatic heterocycles. The molecule has 0 saturated carbocycles. The summed E-state index contributed by atoms with van der Waals surface area (Å²) < 4.78 is 34.0. The van der Waals surface area contributed by atoms with Gasteiger partial charge < -0.3 is 9.72 Å². The maximum absolute atomic E-state index is 13.5. The van der Waals surface area contributed by atoms with Crippen molar-refractivity contribution in [2.75, 3.05) is 13.2 Å². The van der Waals surface area contributed by atoms with Crippen molar-refractivity contribution in [2.45, 2.75) is 51.2 Å². The van der Waals surface area contributed by atoms with Gasteiger partial charge in [-0.2, -0.15) is 4.31 Å². The molecule has 6 nitrogen and oxygen atoms in total. The molecule has 1 aliphatic heterocycles. The second kappa shape index (κ2) is 8.57. The average Bonchev–Trinajstić information content (AvgIpc) is 3.25. The van der Waals surface area contributed by atoms with Crippen LogP contribution in [0.4, 0.5) is 0 Å². The first-order chi connectivity index (χ1) is 14.8. The molecule has 0 radical (unpaired) electrons. The monoisotopic (exact) mass is 440 g/mol. The molecule has 4 rings (SSSR count). The van der Waals surface area contributed by atoms with Crippen molar-refractivity contribution in [1.29, 1.82) is 0 Å². The zero-order chi connectivity index (χ0) is 22.2. The number of nitrogens with one attached hydrogen (secondary N) is 1. The Bertz CT molecular complexity index is 1260. The first-order valence-electron chi connectivity index (χ1n) is 10.6. The Labute approximate surface area is 182 Å². The van der Waals surface area contributed by atoms with E-state index in [0.717, 1.165) is 40.4 Å². The van der Waals surface area contributed by atoms with E-state index in [9.17, 15) is 13.2 Å². The molecule has 3 aromatic rings. The van der Waals surface area contributed by atoms with Gasteiger partial charge in [0.25, 0.3) is 5.56 Å². The van der Waals surface area contributed by atoms with Crippen LogP contribution in [0.25, 0.3) is 10.9 Å². The second-order valence-corrected chi connectivity index (χ2v) is 10.3. The number of hydrogen-bond donors (Lipinski definition) is 1. The Balaban J connectivity index is 1.74. The fourth-order valence-corrected chi connectivity index (χ4v) is 5.45. The molecule has 2 heterocycles. The lowest BCUT2D eigenvalue weighted by Crippen LogP contribution is -2.38. The summed E-state index contributed by atoms with van der Waals surface area (Å²) in [5.74, 6) is 0. The highest BCUT2D eigenvalue weighted by Crippen LogP contribution is 2.24. The lowest BCUT2D eigenvalue weighted by Gasteiger charge is -2.25. The molecule has 1 unspecified atom stereocenters. The Morgan fingerprint density at radius 2 is 1.84 bits per heavy atom. The minimum Gasteiger partial charge on any atom is -0.377 e. The summed E-state index contributed by atoms with van der Waals surface area (Å²) in [6.45, 7) is 6.74. The summed E-state index contributed by atoms with van der Waals surface area (Å²) in [6.07, 6.45) is 1.56. The summed E-state index contributed by atoms with van der Waals surface area (Å²) in [6, 6.07) is 12.6. The quantitative estimate of drug-likeness (QED) is 0.632. The number of H-pyrrole nitrogens is 1. The van der Waals surface area contributed by atoms with E-state index < -0.39 is 10.0 Å². The number of benzene rings is 2. The summed E-state index contributed by atoms with van der Waals surface area (Å²) in [5.41, 5.74) is 4.05. The number of pyridine rings is 1. The van der Waals surface area contributed by atoms with E-state index >= 15 is 0 Å². The smallest absolute Gasteiger partial charge is 0.252 e. The number of ether oxygens (including phenoxy) is 1. The van der Waals surface area contributed by atoms with Gasteiger partial charge >= 0.3 is 0 Å². The molecule has 1 aliphatic rings. The third-order valence-electron chi connectivity index (χ3n) is 6.06. The van der Waals surface area contributed by atoms with Crippen molar-refractivity contribution in [3.63, 3.8) is 0 Å². The van der Waals surface area contributed by atoms with E-state index in [-0.39, 0.29) is 29.6 Å². The van der Waals surface area contributed by atoms with Crippen LogP contribution >= 0.6 is 0 Å². The van der Waals surface area contributed by atoms with Gasteiger partial charge in [-0.25, -0.2) is 8.42 Å². The van der Waals surface area contributed by atoms with Gasteiger partial charge in [0, 0.05) is 25.3 Å². The number of aromatic amines is 1. The highest BCUT2D eigenvalue weighted by Gasteiger charge is 2.30. The number of sulfonamides is 1. The Morgan fingerprint density at radius 3 is 2.52 bits per heavy atom. The minimum atomic E-state index is -3.79. The fraction of sp³-hybridized carbons (Fsp3) is 0.375. The average molecular weight is 441 g/mol. The predicted molar refractivity (Wildman–Crippen MR) is 122 cm³/mol. The Morgan fingerprint density at radius 1 is 1.10 bits per heavy atom. The van der Waals surface area contributed by atoms with Gasteiger partial charge in [-0.3, -0.25) is 4.79 Å². The third-order valence-corrected chi connectivity index (χ3v) is 7.89. The minimum absolute atomic E-state index is 0.00569. The van der Waals surface area contributed by atoms with Crippen molar-refractivity contribution in [3.05, 3.63) is 75.1 Å². The van der Waals surface area contributed by atoms with E-state index in [2.05, 4.69) is 4.98 Å². The van der Waals surface area contributed by atoms with Crippen LogP contribution in [-0.2, 0) is 21.3 Å². The third kappa shape index (κ3) is 4.44. The van der Waals surface area contributed by atoms with E-state index in [1.807, 2.05) is 32.9 Å². The Hall–Kier alpha value is -2.48. The van der Waals surface area contributed by atoms with E-state index in [1.165, 1.54) is 4.31 Å². The topological polar surface area (TPSA) is 79.5 Å². The first kappa shape index (κ1) is 21.7.